The van der Waals surface area contributed by atoms with E-state index in [-0.39, 0.29) is 31.1 Å². The summed E-state index contributed by atoms with van der Waals surface area (Å²) < 4.78 is 16.9. The molecule has 0 rings (SSSR count). The summed E-state index contributed by atoms with van der Waals surface area (Å²) in [6.45, 7) is 6.54. The van der Waals surface area contributed by atoms with Crippen LogP contribution in [0.5, 0.6) is 0 Å². The zero-order chi connectivity index (χ0) is 50.0. The molecule has 0 aliphatic rings. The molecule has 0 N–H and O–H groups in total. The van der Waals surface area contributed by atoms with E-state index < -0.39 is 6.10 Å². The molecule has 0 bridgehead atoms. The summed E-state index contributed by atoms with van der Waals surface area (Å²) >= 11 is 0. The maximum atomic E-state index is 12.9. The van der Waals surface area contributed by atoms with Crippen molar-refractivity contribution in [2.75, 3.05) is 13.2 Å². The minimum atomic E-state index is -0.779. The second-order valence-electron chi connectivity index (χ2n) is 20.3. The molecule has 69 heavy (non-hydrogen) atoms. The smallest absolute Gasteiger partial charge is 0.306 e. The SMILES string of the molecule is CC\C=C/C=C\C=C/CCCCCCCCCC(=O)OCC(COC(=O)CCCCCCCCCCCCCCCCCCCCC)OC(=O)CCCCCCCCC/C=C\CCCCCCCC. The molecule has 0 aromatic rings. The van der Waals surface area contributed by atoms with Crippen LogP contribution in [-0.4, -0.2) is 37.2 Å². The summed E-state index contributed by atoms with van der Waals surface area (Å²) in [7, 11) is 0. The summed E-state index contributed by atoms with van der Waals surface area (Å²) in [5, 5.41) is 0. The van der Waals surface area contributed by atoms with Crippen molar-refractivity contribution in [3.8, 4) is 0 Å². The Balaban J connectivity index is 4.34. The minimum Gasteiger partial charge on any atom is -0.462 e. The van der Waals surface area contributed by atoms with Gasteiger partial charge in [0.05, 0.1) is 0 Å². The van der Waals surface area contributed by atoms with Crippen molar-refractivity contribution in [1.82, 2.24) is 0 Å². The van der Waals surface area contributed by atoms with Gasteiger partial charge in [0.15, 0.2) is 6.10 Å². The molecule has 6 nitrogen and oxygen atoms in total. The number of allylic oxidation sites excluding steroid dienone is 8. The van der Waals surface area contributed by atoms with Crippen molar-refractivity contribution >= 4 is 17.9 Å². The Morgan fingerprint density at radius 2 is 0.580 bits per heavy atom. The van der Waals surface area contributed by atoms with E-state index >= 15 is 0 Å². The lowest BCUT2D eigenvalue weighted by atomic mass is 10.0. The van der Waals surface area contributed by atoms with Gasteiger partial charge in [-0.15, -0.1) is 0 Å². The van der Waals surface area contributed by atoms with Crippen molar-refractivity contribution < 1.29 is 28.6 Å². The Kier molecular flexibility index (Phi) is 55.7. The summed E-state index contributed by atoms with van der Waals surface area (Å²) in [4.78, 5) is 38.2. The third kappa shape index (κ3) is 56.2. The number of esters is 3. The fourth-order valence-corrected chi connectivity index (χ4v) is 8.85. The molecule has 0 aromatic carbocycles. The number of carbonyl (C=O) groups excluding carboxylic acids is 3. The van der Waals surface area contributed by atoms with Crippen molar-refractivity contribution in [1.29, 1.82) is 0 Å². The van der Waals surface area contributed by atoms with Crippen LogP contribution >= 0.6 is 0 Å². The molecule has 1 atom stereocenters. The molecule has 6 heteroatoms. The second-order valence-corrected chi connectivity index (χ2v) is 20.3. The summed E-state index contributed by atoms with van der Waals surface area (Å²) in [5.74, 6) is -0.874. The Morgan fingerprint density at radius 3 is 0.913 bits per heavy atom. The zero-order valence-electron chi connectivity index (χ0n) is 46.1. The fraction of sp³-hybridized carbons (Fsp3) is 0.825. The van der Waals surface area contributed by atoms with Crippen LogP contribution < -0.4 is 0 Å². The van der Waals surface area contributed by atoms with Crippen LogP contribution in [0.4, 0.5) is 0 Å². The van der Waals surface area contributed by atoms with Gasteiger partial charge in [-0.25, -0.2) is 0 Å². The molecule has 402 valence electrons. The van der Waals surface area contributed by atoms with Gasteiger partial charge in [0.1, 0.15) is 13.2 Å². The van der Waals surface area contributed by atoms with Crippen LogP contribution in [0.1, 0.15) is 316 Å². The topological polar surface area (TPSA) is 78.9 Å². The van der Waals surface area contributed by atoms with Gasteiger partial charge >= 0.3 is 17.9 Å². The maximum absolute atomic E-state index is 12.9. The van der Waals surface area contributed by atoms with Gasteiger partial charge < -0.3 is 14.2 Å². The Bertz CT molecular complexity index is 1200. The van der Waals surface area contributed by atoms with Crippen LogP contribution in [0.2, 0.25) is 0 Å². The molecule has 1 unspecified atom stereocenters. The first-order valence-corrected chi connectivity index (χ1v) is 30.2. The lowest BCUT2D eigenvalue weighted by molar-refractivity contribution is -0.167. The van der Waals surface area contributed by atoms with E-state index in [1.54, 1.807) is 0 Å². The van der Waals surface area contributed by atoms with E-state index in [9.17, 15) is 14.4 Å². The van der Waals surface area contributed by atoms with Gasteiger partial charge in [0.25, 0.3) is 0 Å². The van der Waals surface area contributed by atoms with Crippen LogP contribution in [0.3, 0.4) is 0 Å². The maximum Gasteiger partial charge on any atom is 0.306 e. The summed E-state index contributed by atoms with van der Waals surface area (Å²) in [6.07, 6.45) is 71.0. The van der Waals surface area contributed by atoms with Crippen molar-refractivity contribution in [2.24, 2.45) is 0 Å². The highest BCUT2D eigenvalue weighted by Gasteiger charge is 2.19. The quantitative estimate of drug-likeness (QED) is 0.0199. The Morgan fingerprint density at radius 1 is 0.304 bits per heavy atom. The molecule has 0 radical (unpaired) electrons. The Hall–Kier alpha value is -2.63. The molecule has 0 spiro atoms. The zero-order valence-corrected chi connectivity index (χ0v) is 46.1. The standard InChI is InChI=1S/C63H114O6/c1-4-7-10-13-16-19-22-25-28-30-31-33-35-38-41-44-47-50-53-56-62(65)68-59-60(58-67-61(64)55-52-49-46-43-40-37-34-27-24-21-18-15-12-9-6-3)69-63(66)57-54-51-48-45-42-39-36-32-29-26-23-20-17-14-11-8-5-2/h9,12,15,18,21,24,26,29,60H,4-8,10-11,13-14,16-17,19-20,22-23,25,27-28,30-59H2,1-3H3/b12-9-,18-15-,24-21-,29-26-. The van der Waals surface area contributed by atoms with Crippen molar-refractivity contribution in [3.63, 3.8) is 0 Å². The highest BCUT2D eigenvalue weighted by molar-refractivity contribution is 5.71. The molecule has 0 aromatic heterocycles. The molecule has 0 aliphatic carbocycles. The van der Waals surface area contributed by atoms with Crippen LogP contribution in [0.15, 0.2) is 48.6 Å². The number of hydrogen-bond donors (Lipinski definition) is 0. The Labute approximate surface area is 428 Å². The number of rotatable bonds is 55. The van der Waals surface area contributed by atoms with Crippen molar-refractivity contribution in [3.05, 3.63) is 48.6 Å². The summed E-state index contributed by atoms with van der Waals surface area (Å²) in [5.41, 5.74) is 0. The van der Waals surface area contributed by atoms with Crippen molar-refractivity contribution in [2.45, 2.75) is 322 Å². The molecule has 0 heterocycles. The normalized spacial score (nSPS) is 12.3. The molecular formula is C63H114O6. The molecule has 0 amide bonds. The predicted octanol–water partition coefficient (Wildman–Crippen LogP) is 20.2. The predicted molar refractivity (Wildman–Crippen MR) is 298 cm³/mol. The second kappa shape index (κ2) is 57.9. The third-order valence-electron chi connectivity index (χ3n) is 13.4. The first-order chi connectivity index (χ1) is 34.0. The largest absolute Gasteiger partial charge is 0.462 e. The monoisotopic (exact) mass is 967 g/mol. The average molecular weight is 968 g/mol. The number of carbonyl (C=O) groups is 3. The van der Waals surface area contributed by atoms with Crippen LogP contribution in [-0.2, 0) is 28.6 Å². The lowest BCUT2D eigenvalue weighted by Gasteiger charge is -2.18. The van der Waals surface area contributed by atoms with Crippen LogP contribution in [0, 0.1) is 0 Å². The van der Waals surface area contributed by atoms with E-state index in [1.165, 1.54) is 205 Å². The van der Waals surface area contributed by atoms with E-state index in [1.807, 2.05) is 0 Å². The molecule has 0 fully saturated rings. The van der Waals surface area contributed by atoms with Crippen LogP contribution in [0.25, 0.3) is 0 Å². The van der Waals surface area contributed by atoms with E-state index in [4.69, 9.17) is 14.2 Å². The number of hydrogen-bond acceptors (Lipinski definition) is 6. The highest BCUT2D eigenvalue weighted by atomic mass is 16.6. The van der Waals surface area contributed by atoms with E-state index in [2.05, 4.69) is 69.4 Å². The third-order valence-corrected chi connectivity index (χ3v) is 13.4. The first kappa shape index (κ1) is 66.4. The first-order valence-electron chi connectivity index (χ1n) is 30.2. The molecule has 0 aliphatic heterocycles. The minimum absolute atomic E-state index is 0.0754. The molecule has 0 saturated carbocycles. The molecule has 0 saturated heterocycles. The van der Waals surface area contributed by atoms with E-state index in [0.29, 0.717) is 19.3 Å². The molecular weight excluding hydrogens is 853 g/mol. The average Bonchev–Trinajstić information content (AvgIpc) is 3.35. The highest BCUT2D eigenvalue weighted by Crippen LogP contribution is 2.17. The lowest BCUT2D eigenvalue weighted by Crippen LogP contribution is -2.30. The fourth-order valence-electron chi connectivity index (χ4n) is 8.85. The van der Waals surface area contributed by atoms with Gasteiger partial charge in [-0.3, -0.25) is 14.4 Å². The summed E-state index contributed by atoms with van der Waals surface area (Å²) in [6, 6.07) is 0. The van der Waals surface area contributed by atoms with Gasteiger partial charge in [-0.1, -0.05) is 281 Å². The number of ether oxygens (including phenoxy) is 3. The van der Waals surface area contributed by atoms with E-state index in [0.717, 1.165) is 70.6 Å². The number of unbranched alkanes of at least 4 members (excludes halogenated alkanes) is 38. The van der Waals surface area contributed by atoms with Gasteiger partial charge in [-0.05, 0) is 64.2 Å². The van der Waals surface area contributed by atoms with Gasteiger partial charge in [0.2, 0.25) is 0 Å². The van der Waals surface area contributed by atoms with Gasteiger partial charge in [0, 0.05) is 19.3 Å². The van der Waals surface area contributed by atoms with Gasteiger partial charge in [-0.2, -0.15) is 0 Å².